The molecule has 1 atom stereocenters. The van der Waals surface area contributed by atoms with E-state index >= 15 is 0 Å². The van der Waals surface area contributed by atoms with E-state index in [1.54, 1.807) is 19.1 Å². The third-order valence-corrected chi connectivity index (χ3v) is 3.66. The van der Waals surface area contributed by atoms with Crippen LogP contribution < -0.4 is 5.32 Å². The van der Waals surface area contributed by atoms with E-state index in [4.69, 9.17) is 16.1 Å². The fourth-order valence-corrected chi connectivity index (χ4v) is 2.50. The number of halogens is 1. The van der Waals surface area contributed by atoms with Gasteiger partial charge < -0.3 is 14.9 Å². The number of benzene rings is 2. The zero-order chi connectivity index (χ0) is 16.2. The molecular formula is C17H16ClN3O2. The Morgan fingerprint density at radius 3 is 2.70 bits per heavy atom. The van der Waals surface area contributed by atoms with Gasteiger partial charge in [-0.3, -0.25) is 0 Å². The summed E-state index contributed by atoms with van der Waals surface area (Å²) >= 11 is 6.09. The molecule has 0 unspecified atom stereocenters. The van der Waals surface area contributed by atoms with Crippen molar-refractivity contribution in [3.05, 3.63) is 76.4 Å². The van der Waals surface area contributed by atoms with Crippen LogP contribution in [0.3, 0.4) is 0 Å². The molecule has 0 saturated heterocycles. The normalized spacial score (nSPS) is 12.1. The predicted molar refractivity (Wildman–Crippen MR) is 88.3 cm³/mol. The van der Waals surface area contributed by atoms with E-state index in [1.165, 1.54) is 0 Å². The van der Waals surface area contributed by atoms with Crippen molar-refractivity contribution in [2.75, 3.05) is 5.32 Å². The van der Waals surface area contributed by atoms with Crippen molar-refractivity contribution >= 4 is 17.3 Å². The average molecular weight is 330 g/mol. The molecule has 0 aliphatic heterocycles. The fourth-order valence-electron chi connectivity index (χ4n) is 2.32. The Balaban J connectivity index is 1.85. The highest BCUT2D eigenvalue weighted by Gasteiger charge is 2.15. The van der Waals surface area contributed by atoms with Crippen molar-refractivity contribution in [2.24, 2.45) is 0 Å². The number of hydrogen-bond donors (Lipinski definition) is 2. The molecule has 2 N–H and O–H groups in total. The maximum absolute atomic E-state index is 10.6. The standard InChI is InChI=1S/C17H16ClN3O2/c1-11-20-16(23-21-11)10-19-15-8-7-13(18)9-14(15)17(22)12-5-3-2-4-6-12/h2-9,17,19,22H,10H2,1H3/t17-/m0/s1. The van der Waals surface area contributed by atoms with Crippen LogP contribution in [0, 0.1) is 6.92 Å². The first kappa shape index (κ1) is 15.5. The van der Waals surface area contributed by atoms with Gasteiger partial charge in [0.2, 0.25) is 5.89 Å². The summed E-state index contributed by atoms with van der Waals surface area (Å²) in [4.78, 5) is 4.15. The Kier molecular flexibility index (Phi) is 4.60. The van der Waals surface area contributed by atoms with Gasteiger partial charge in [0.25, 0.3) is 0 Å². The first-order valence-electron chi connectivity index (χ1n) is 7.19. The topological polar surface area (TPSA) is 71.2 Å². The predicted octanol–water partition coefficient (Wildman–Crippen LogP) is 3.73. The van der Waals surface area contributed by atoms with Gasteiger partial charge in [0.05, 0.1) is 6.54 Å². The summed E-state index contributed by atoms with van der Waals surface area (Å²) < 4.78 is 5.08. The van der Waals surface area contributed by atoms with Gasteiger partial charge in [0.15, 0.2) is 5.82 Å². The minimum atomic E-state index is -0.776. The molecule has 0 aliphatic carbocycles. The van der Waals surface area contributed by atoms with E-state index in [9.17, 15) is 5.11 Å². The highest BCUT2D eigenvalue weighted by Crippen LogP contribution is 2.31. The number of anilines is 1. The molecule has 1 heterocycles. The van der Waals surface area contributed by atoms with Gasteiger partial charge in [0, 0.05) is 16.3 Å². The van der Waals surface area contributed by atoms with E-state index in [0.717, 1.165) is 11.3 Å². The number of aliphatic hydroxyl groups excluding tert-OH is 1. The number of aliphatic hydroxyl groups is 1. The molecule has 118 valence electrons. The SMILES string of the molecule is Cc1noc(CNc2ccc(Cl)cc2[C@@H](O)c2ccccc2)n1. The third-order valence-electron chi connectivity index (χ3n) is 3.42. The van der Waals surface area contributed by atoms with Crippen LogP contribution in [0.2, 0.25) is 5.02 Å². The highest BCUT2D eigenvalue weighted by atomic mass is 35.5. The zero-order valence-corrected chi connectivity index (χ0v) is 13.3. The van der Waals surface area contributed by atoms with Gasteiger partial charge in [-0.25, -0.2) is 0 Å². The number of nitrogens with zero attached hydrogens (tertiary/aromatic N) is 2. The molecule has 0 spiro atoms. The van der Waals surface area contributed by atoms with Crippen LogP contribution in [0.5, 0.6) is 0 Å². The largest absolute Gasteiger partial charge is 0.384 e. The molecule has 3 rings (SSSR count). The summed E-state index contributed by atoms with van der Waals surface area (Å²) in [6, 6.07) is 14.8. The number of nitrogens with one attached hydrogen (secondary N) is 1. The quantitative estimate of drug-likeness (QED) is 0.746. The smallest absolute Gasteiger partial charge is 0.245 e. The Hall–Kier alpha value is -2.37. The van der Waals surface area contributed by atoms with Crippen LogP contribution >= 0.6 is 11.6 Å². The van der Waals surface area contributed by atoms with Crippen molar-refractivity contribution in [1.82, 2.24) is 10.1 Å². The fraction of sp³-hybridized carbons (Fsp3) is 0.176. The number of rotatable bonds is 5. The summed E-state index contributed by atoms with van der Waals surface area (Å²) in [7, 11) is 0. The Labute approximate surface area is 138 Å². The van der Waals surface area contributed by atoms with Crippen molar-refractivity contribution < 1.29 is 9.63 Å². The zero-order valence-electron chi connectivity index (χ0n) is 12.5. The molecule has 0 radical (unpaired) electrons. The summed E-state index contributed by atoms with van der Waals surface area (Å²) in [6.45, 7) is 2.14. The molecule has 0 aliphatic rings. The van der Waals surface area contributed by atoms with Crippen LogP contribution in [0.15, 0.2) is 53.1 Å². The second-order valence-corrected chi connectivity index (χ2v) is 5.57. The van der Waals surface area contributed by atoms with Crippen molar-refractivity contribution in [3.63, 3.8) is 0 Å². The summed E-state index contributed by atoms with van der Waals surface area (Å²) in [5.74, 6) is 1.07. The monoisotopic (exact) mass is 329 g/mol. The second-order valence-electron chi connectivity index (χ2n) is 5.13. The van der Waals surface area contributed by atoms with E-state index in [-0.39, 0.29) is 0 Å². The number of aromatic nitrogens is 2. The lowest BCUT2D eigenvalue weighted by Gasteiger charge is -2.17. The van der Waals surface area contributed by atoms with E-state index in [2.05, 4.69) is 15.5 Å². The van der Waals surface area contributed by atoms with Gasteiger partial charge in [-0.15, -0.1) is 0 Å². The molecule has 3 aromatic rings. The van der Waals surface area contributed by atoms with Gasteiger partial charge >= 0.3 is 0 Å². The third kappa shape index (κ3) is 3.70. The van der Waals surface area contributed by atoms with Crippen LogP contribution in [-0.2, 0) is 6.54 Å². The van der Waals surface area contributed by atoms with E-state index < -0.39 is 6.10 Å². The summed E-state index contributed by atoms with van der Waals surface area (Å²) in [6.07, 6.45) is -0.776. The van der Waals surface area contributed by atoms with Gasteiger partial charge in [0.1, 0.15) is 6.10 Å². The molecule has 0 bridgehead atoms. The van der Waals surface area contributed by atoms with Crippen LogP contribution in [0.1, 0.15) is 28.9 Å². The van der Waals surface area contributed by atoms with Crippen LogP contribution in [0.25, 0.3) is 0 Å². The Morgan fingerprint density at radius 1 is 1.22 bits per heavy atom. The van der Waals surface area contributed by atoms with Gasteiger partial charge in [-0.2, -0.15) is 4.98 Å². The Morgan fingerprint density at radius 2 is 2.00 bits per heavy atom. The molecule has 0 amide bonds. The molecular weight excluding hydrogens is 314 g/mol. The van der Waals surface area contributed by atoms with Crippen LogP contribution in [0.4, 0.5) is 5.69 Å². The second kappa shape index (κ2) is 6.81. The van der Waals surface area contributed by atoms with Crippen molar-refractivity contribution in [1.29, 1.82) is 0 Å². The summed E-state index contributed by atoms with van der Waals surface area (Å²) in [5, 5.41) is 18.2. The van der Waals surface area contributed by atoms with E-state index in [0.29, 0.717) is 28.8 Å². The lowest BCUT2D eigenvalue weighted by Crippen LogP contribution is -2.07. The average Bonchev–Trinajstić information content (AvgIpc) is 2.99. The van der Waals surface area contributed by atoms with Gasteiger partial charge in [-0.1, -0.05) is 47.1 Å². The summed E-state index contributed by atoms with van der Waals surface area (Å²) in [5.41, 5.74) is 2.26. The maximum Gasteiger partial charge on any atom is 0.245 e. The molecule has 0 saturated carbocycles. The minimum Gasteiger partial charge on any atom is -0.384 e. The maximum atomic E-state index is 10.6. The molecule has 2 aromatic carbocycles. The molecule has 0 fully saturated rings. The minimum absolute atomic E-state index is 0.372. The Bertz CT molecular complexity index is 790. The van der Waals surface area contributed by atoms with Gasteiger partial charge in [-0.05, 0) is 30.7 Å². The number of aryl methyl sites for hydroxylation is 1. The number of hydrogen-bond acceptors (Lipinski definition) is 5. The lowest BCUT2D eigenvalue weighted by atomic mass is 10.00. The first-order valence-corrected chi connectivity index (χ1v) is 7.57. The molecule has 6 heteroatoms. The van der Waals surface area contributed by atoms with Crippen molar-refractivity contribution in [3.8, 4) is 0 Å². The first-order chi connectivity index (χ1) is 11.1. The lowest BCUT2D eigenvalue weighted by molar-refractivity contribution is 0.221. The van der Waals surface area contributed by atoms with Crippen LogP contribution in [-0.4, -0.2) is 15.2 Å². The van der Waals surface area contributed by atoms with Crippen molar-refractivity contribution in [2.45, 2.75) is 19.6 Å². The molecule has 23 heavy (non-hydrogen) atoms. The highest BCUT2D eigenvalue weighted by molar-refractivity contribution is 6.30. The molecule has 1 aromatic heterocycles. The van der Waals surface area contributed by atoms with E-state index in [1.807, 2.05) is 36.4 Å². The molecule has 5 nitrogen and oxygen atoms in total.